The fraction of sp³-hybridized carbons (Fsp3) is 1.00. The molecule has 5 nitrogen and oxygen atoms in total. The molecule has 1 aliphatic rings. The van der Waals surface area contributed by atoms with Crippen molar-refractivity contribution >= 4 is 18.1 Å². The smallest absolute Gasteiger partial charge is 0.211 e. The van der Waals surface area contributed by atoms with Gasteiger partial charge in [-0.2, -0.15) is 0 Å². The summed E-state index contributed by atoms with van der Waals surface area (Å²) in [5.41, 5.74) is 0. The van der Waals surface area contributed by atoms with Crippen molar-refractivity contribution in [3.05, 3.63) is 0 Å². The Morgan fingerprint density at radius 3 is 2.40 bits per heavy atom. The SMILES string of the molecule is C[C@@H](CCCC1OCCO1)NS(=O)(=O)CC[Si](C)(C)C. The summed E-state index contributed by atoms with van der Waals surface area (Å²) < 4.78 is 37.4. The molecule has 1 saturated heterocycles. The second-order valence-electron chi connectivity index (χ2n) is 6.75. The van der Waals surface area contributed by atoms with E-state index in [1.54, 1.807) is 0 Å². The van der Waals surface area contributed by atoms with Crippen LogP contribution < -0.4 is 4.72 Å². The molecule has 120 valence electrons. The highest BCUT2D eigenvalue weighted by atomic mass is 32.2. The van der Waals surface area contributed by atoms with Crippen LogP contribution in [0.15, 0.2) is 0 Å². The zero-order chi connectivity index (χ0) is 15.2. The molecule has 0 unspecified atom stereocenters. The van der Waals surface area contributed by atoms with E-state index in [0.29, 0.717) is 13.2 Å². The highest BCUT2D eigenvalue weighted by Gasteiger charge is 2.21. The van der Waals surface area contributed by atoms with Crippen molar-refractivity contribution in [3.8, 4) is 0 Å². The van der Waals surface area contributed by atoms with Crippen LogP contribution in [-0.2, 0) is 19.5 Å². The van der Waals surface area contributed by atoms with Crippen LogP contribution in [0.4, 0.5) is 0 Å². The van der Waals surface area contributed by atoms with Gasteiger partial charge < -0.3 is 9.47 Å². The Bertz CT molecular complexity index is 374. The van der Waals surface area contributed by atoms with E-state index in [1.165, 1.54) is 0 Å². The van der Waals surface area contributed by atoms with E-state index in [9.17, 15) is 8.42 Å². The van der Waals surface area contributed by atoms with Gasteiger partial charge in [-0.25, -0.2) is 13.1 Å². The van der Waals surface area contributed by atoms with Crippen molar-refractivity contribution in [2.75, 3.05) is 19.0 Å². The average molecular weight is 324 g/mol. The lowest BCUT2D eigenvalue weighted by Crippen LogP contribution is -2.36. The van der Waals surface area contributed by atoms with Crippen LogP contribution in [0.3, 0.4) is 0 Å². The Hall–Kier alpha value is 0.0469. The van der Waals surface area contributed by atoms with Gasteiger partial charge in [-0.1, -0.05) is 19.6 Å². The number of nitrogens with one attached hydrogen (secondary N) is 1. The van der Waals surface area contributed by atoms with E-state index < -0.39 is 18.1 Å². The Morgan fingerprint density at radius 2 is 1.85 bits per heavy atom. The minimum atomic E-state index is -3.14. The molecule has 0 spiro atoms. The minimum absolute atomic E-state index is 0.0250. The Kier molecular flexibility index (Phi) is 7.14. The van der Waals surface area contributed by atoms with E-state index in [-0.39, 0.29) is 18.1 Å². The van der Waals surface area contributed by atoms with E-state index >= 15 is 0 Å². The van der Waals surface area contributed by atoms with Crippen molar-refractivity contribution in [2.45, 2.75) is 64.2 Å². The summed E-state index contributed by atoms with van der Waals surface area (Å²) in [5, 5.41) is 0. The minimum Gasteiger partial charge on any atom is -0.350 e. The Balaban J connectivity index is 2.20. The third-order valence-corrected chi connectivity index (χ3v) is 6.88. The van der Waals surface area contributed by atoms with Crippen molar-refractivity contribution in [2.24, 2.45) is 0 Å². The van der Waals surface area contributed by atoms with Gasteiger partial charge in [0.15, 0.2) is 6.29 Å². The topological polar surface area (TPSA) is 64.6 Å². The number of ether oxygens (including phenoxy) is 2. The van der Waals surface area contributed by atoms with Gasteiger partial charge in [0, 0.05) is 14.1 Å². The Labute approximate surface area is 124 Å². The van der Waals surface area contributed by atoms with Gasteiger partial charge in [0.25, 0.3) is 0 Å². The zero-order valence-electron chi connectivity index (χ0n) is 13.1. The molecule has 0 aliphatic carbocycles. The lowest BCUT2D eigenvalue weighted by atomic mass is 10.1. The average Bonchev–Trinajstić information content (AvgIpc) is 2.78. The summed E-state index contributed by atoms with van der Waals surface area (Å²) in [6.07, 6.45) is 2.46. The summed E-state index contributed by atoms with van der Waals surface area (Å²) in [5.74, 6) is 0.252. The molecule has 20 heavy (non-hydrogen) atoms. The van der Waals surface area contributed by atoms with Crippen LogP contribution >= 0.6 is 0 Å². The fourth-order valence-electron chi connectivity index (χ4n) is 2.03. The van der Waals surface area contributed by atoms with Crippen molar-refractivity contribution in [1.82, 2.24) is 4.72 Å². The highest BCUT2D eigenvalue weighted by molar-refractivity contribution is 7.89. The van der Waals surface area contributed by atoms with Gasteiger partial charge in [0.2, 0.25) is 10.0 Å². The van der Waals surface area contributed by atoms with E-state index in [1.807, 2.05) is 6.92 Å². The summed E-state index contributed by atoms with van der Waals surface area (Å²) in [7, 11) is -4.45. The van der Waals surface area contributed by atoms with Crippen LogP contribution in [0.2, 0.25) is 25.7 Å². The maximum Gasteiger partial charge on any atom is 0.211 e. The van der Waals surface area contributed by atoms with Gasteiger partial charge in [-0.05, 0) is 32.2 Å². The lowest BCUT2D eigenvalue weighted by Gasteiger charge is -2.18. The first kappa shape index (κ1) is 18.1. The molecule has 7 heteroatoms. The number of hydrogen-bond donors (Lipinski definition) is 1. The van der Waals surface area contributed by atoms with E-state index in [0.717, 1.165) is 25.3 Å². The molecule has 1 N–H and O–H groups in total. The Morgan fingerprint density at radius 1 is 1.25 bits per heavy atom. The molecule has 0 bridgehead atoms. The van der Waals surface area contributed by atoms with Gasteiger partial charge in [-0.3, -0.25) is 0 Å². The molecule has 1 rings (SSSR count). The molecular formula is C13H29NO4SSi. The molecule has 0 aromatic rings. The van der Waals surface area contributed by atoms with Gasteiger partial charge in [0.1, 0.15) is 0 Å². The summed E-state index contributed by atoms with van der Waals surface area (Å²) >= 11 is 0. The van der Waals surface area contributed by atoms with Gasteiger partial charge in [0.05, 0.1) is 19.0 Å². The predicted octanol–water partition coefficient (Wildman–Crippen LogP) is 2.18. The normalized spacial score (nSPS) is 19.4. The molecule has 0 aromatic carbocycles. The largest absolute Gasteiger partial charge is 0.350 e. The number of rotatable bonds is 9. The first-order valence-electron chi connectivity index (χ1n) is 7.41. The molecule has 0 amide bonds. The molecule has 1 heterocycles. The monoisotopic (exact) mass is 323 g/mol. The molecule has 1 atom stereocenters. The molecule has 0 radical (unpaired) electrons. The van der Waals surface area contributed by atoms with Crippen LogP contribution in [0, 0.1) is 0 Å². The first-order valence-corrected chi connectivity index (χ1v) is 12.8. The zero-order valence-corrected chi connectivity index (χ0v) is 15.0. The molecular weight excluding hydrogens is 294 g/mol. The van der Waals surface area contributed by atoms with Crippen molar-refractivity contribution < 1.29 is 17.9 Å². The molecule has 1 aliphatic heterocycles. The second-order valence-corrected chi connectivity index (χ2v) is 14.2. The molecule has 0 saturated carbocycles. The van der Waals surface area contributed by atoms with E-state index in [2.05, 4.69) is 24.4 Å². The fourth-order valence-corrected chi connectivity index (χ4v) is 6.40. The number of hydrogen-bond acceptors (Lipinski definition) is 4. The van der Waals surface area contributed by atoms with Crippen molar-refractivity contribution in [1.29, 1.82) is 0 Å². The van der Waals surface area contributed by atoms with Crippen LogP contribution in [0.5, 0.6) is 0 Å². The molecule has 1 fully saturated rings. The standard InChI is InChI=1S/C13H29NO4SSi/c1-12(6-5-7-13-17-8-9-18-13)14-19(15,16)10-11-20(2,3)4/h12-14H,5-11H2,1-4H3/t12-/m0/s1. The first-order chi connectivity index (χ1) is 9.18. The van der Waals surface area contributed by atoms with Crippen LogP contribution in [0.25, 0.3) is 0 Å². The summed E-state index contributed by atoms with van der Waals surface area (Å²) in [4.78, 5) is 0. The maximum atomic E-state index is 12.0. The van der Waals surface area contributed by atoms with E-state index in [4.69, 9.17) is 9.47 Å². The summed E-state index contributed by atoms with van der Waals surface area (Å²) in [6, 6.07) is 0.779. The third kappa shape index (κ3) is 8.36. The highest BCUT2D eigenvalue weighted by Crippen LogP contribution is 2.13. The van der Waals surface area contributed by atoms with Crippen LogP contribution in [0.1, 0.15) is 26.2 Å². The predicted molar refractivity (Wildman–Crippen MR) is 84.1 cm³/mol. The number of sulfonamides is 1. The second kappa shape index (κ2) is 7.89. The molecule has 0 aromatic heterocycles. The van der Waals surface area contributed by atoms with Crippen LogP contribution in [-0.4, -0.2) is 47.8 Å². The quantitative estimate of drug-likeness (QED) is 0.661. The van der Waals surface area contributed by atoms with Gasteiger partial charge >= 0.3 is 0 Å². The van der Waals surface area contributed by atoms with Gasteiger partial charge in [-0.15, -0.1) is 0 Å². The maximum absolute atomic E-state index is 12.0. The lowest BCUT2D eigenvalue weighted by molar-refractivity contribution is -0.0481. The third-order valence-electron chi connectivity index (χ3n) is 3.27. The van der Waals surface area contributed by atoms with Crippen molar-refractivity contribution in [3.63, 3.8) is 0 Å². The summed E-state index contributed by atoms with van der Waals surface area (Å²) in [6.45, 7) is 9.82.